The van der Waals surface area contributed by atoms with E-state index in [4.69, 9.17) is 0 Å². The van der Waals surface area contributed by atoms with Gasteiger partial charge in [0.2, 0.25) is 0 Å². The molecule has 0 unspecified atom stereocenters. The Morgan fingerprint density at radius 2 is 1.91 bits per heavy atom. The number of hydrogen-bond donors (Lipinski definition) is 1. The van der Waals surface area contributed by atoms with Crippen LogP contribution in [0.15, 0.2) is 30.3 Å². The van der Waals surface area contributed by atoms with Crippen molar-refractivity contribution in [3.63, 3.8) is 0 Å². The maximum Gasteiger partial charge on any atom is 0.435 e. The summed E-state index contributed by atoms with van der Waals surface area (Å²) >= 11 is 0.763. The first-order chi connectivity index (χ1) is 10.8. The third-order valence-corrected chi connectivity index (χ3v) is 4.23. The molecule has 0 spiro atoms. The van der Waals surface area contributed by atoms with Crippen molar-refractivity contribution in [2.45, 2.75) is 26.4 Å². The molecule has 0 aliphatic carbocycles. The second-order valence-electron chi connectivity index (χ2n) is 5.50. The highest BCUT2D eigenvalue weighted by molar-refractivity contribution is 7.17. The van der Waals surface area contributed by atoms with Crippen LogP contribution in [-0.4, -0.2) is 17.4 Å². The van der Waals surface area contributed by atoms with E-state index < -0.39 is 17.8 Å². The van der Waals surface area contributed by atoms with Crippen molar-refractivity contribution in [1.29, 1.82) is 0 Å². The van der Waals surface area contributed by atoms with Gasteiger partial charge in [-0.3, -0.25) is 4.79 Å². The fourth-order valence-electron chi connectivity index (χ4n) is 1.93. The molecule has 1 aromatic carbocycles. The van der Waals surface area contributed by atoms with E-state index in [0.29, 0.717) is 24.4 Å². The third-order valence-electron chi connectivity index (χ3n) is 3.13. The number of nitrogens with one attached hydrogen (secondary N) is 1. The van der Waals surface area contributed by atoms with E-state index in [0.717, 1.165) is 11.3 Å². The number of rotatable bonds is 5. The first-order valence-corrected chi connectivity index (χ1v) is 8.02. The second kappa shape index (κ2) is 7.12. The van der Waals surface area contributed by atoms with E-state index in [2.05, 4.69) is 10.3 Å². The summed E-state index contributed by atoms with van der Waals surface area (Å²) in [7, 11) is 0. The molecule has 0 aliphatic heterocycles. The van der Waals surface area contributed by atoms with Gasteiger partial charge in [0.05, 0.1) is 0 Å². The van der Waals surface area contributed by atoms with Crippen LogP contribution in [0.25, 0.3) is 10.6 Å². The van der Waals surface area contributed by atoms with Crippen LogP contribution < -0.4 is 5.32 Å². The molecule has 1 amide bonds. The number of aromatic nitrogens is 1. The Morgan fingerprint density at radius 3 is 2.48 bits per heavy atom. The molecule has 1 N–H and O–H groups in total. The first-order valence-electron chi connectivity index (χ1n) is 7.20. The van der Waals surface area contributed by atoms with Crippen LogP contribution in [0.3, 0.4) is 0 Å². The predicted octanol–water partition coefficient (Wildman–Crippen LogP) is 4.60. The molecule has 0 saturated heterocycles. The lowest BCUT2D eigenvalue weighted by Crippen LogP contribution is -2.26. The zero-order valence-corrected chi connectivity index (χ0v) is 13.6. The summed E-state index contributed by atoms with van der Waals surface area (Å²) in [5.74, 6) is -0.364. The number of carbonyl (C=O) groups excluding carboxylic acids is 1. The molecule has 0 aliphatic rings. The van der Waals surface area contributed by atoms with Crippen molar-refractivity contribution in [2.24, 2.45) is 5.92 Å². The highest BCUT2D eigenvalue weighted by Gasteiger charge is 2.39. The van der Waals surface area contributed by atoms with E-state index in [1.54, 1.807) is 30.3 Å². The Labute approximate surface area is 136 Å². The van der Waals surface area contributed by atoms with Gasteiger partial charge in [-0.15, -0.1) is 11.3 Å². The average Bonchev–Trinajstić information content (AvgIpc) is 2.93. The zero-order valence-electron chi connectivity index (χ0n) is 12.8. The molecular formula is C16H17F3N2OS. The van der Waals surface area contributed by atoms with Crippen LogP contribution in [0.1, 0.15) is 35.6 Å². The van der Waals surface area contributed by atoms with Crippen molar-refractivity contribution >= 4 is 17.2 Å². The van der Waals surface area contributed by atoms with Gasteiger partial charge in [-0.1, -0.05) is 44.2 Å². The molecule has 1 aromatic heterocycles. The highest BCUT2D eigenvalue weighted by Crippen LogP contribution is 2.37. The summed E-state index contributed by atoms with van der Waals surface area (Å²) in [6.07, 6.45) is -3.95. The second-order valence-corrected chi connectivity index (χ2v) is 6.50. The lowest BCUT2D eigenvalue weighted by atomic mass is 10.1. The quantitative estimate of drug-likeness (QED) is 0.862. The van der Waals surface area contributed by atoms with Gasteiger partial charge < -0.3 is 5.32 Å². The first kappa shape index (κ1) is 17.5. The van der Waals surface area contributed by atoms with Gasteiger partial charge in [0.1, 0.15) is 9.88 Å². The number of hydrogen-bond acceptors (Lipinski definition) is 3. The van der Waals surface area contributed by atoms with Gasteiger partial charge in [0.25, 0.3) is 5.91 Å². The number of thiazole rings is 1. The summed E-state index contributed by atoms with van der Waals surface area (Å²) in [5, 5.41) is 2.73. The van der Waals surface area contributed by atoms with E-state index >= 15 is 0 Å². The fraction of sp³-hybridized carbons (Fsp3) is 0.375. The van der Waals surface area contributed by atoms with Gasteiger partial charge in [-0.2, -0.15) is 13.2 Å². The molecular weight excluding hydrogens is 325 g/mol. The van der Waals surface area contributed by atoms with E-state index in [1.807, 2.05) is 13.8 Å². The molecule has 23 heavy (non-hydrogen) atoms. The zero-order chi connectivity index (χ0) is 17.0. The molecule has 0 saturated carbocycles. The Hall–Kier alpha value is -1.89. The molecule has 3 nitrogen and oxygen atoms in total. The van der Waals surface area contributed by atoms with E-state index in [1.165, 1.54) is 0 Å². The van der Waals surface area contributed by atoms with Crippen molar-refractivity contribution in [2.75, 3.05) is 6.54 Å². The van der Waals surface area contributed by atoms with Crippen LogP contribution in [0, 0.1) is 5.92 Å². The number of nitrogens with zero attached hydrogens (tertiary/aromatic N) is 1. The van der Waals surface area contributed by atoms with Crippen molar-refractivity contribution in [1.82, 2.24) is 10.3 Å². The van der Waals surface area contributed by atoms with Crippen molar-refractivity contribution < 1.29 is 18.0 Å². The van der Waals surface area contributed by atoms with Crippen LogP contribution in [-0.2, 0) is 6.18 Å². The van der Waals surface area contributed by atoms with Gasteiger partial charge >= 0.3 is 6.18 Å². The lowest BCUT2D eigenvalue weighted by Gasteiger charge is -2.08. The molecule has 7 heteroatoms. The fourth-order valence-corrected chi connectivity index (χ4v) is 2.93. The number of amides is 1. The predicted molar refractivity (Wildman–Crippen MR) is 84.3 cm³/mol. The average molecular weight is 342 g/mol. The molecule has 0 fully saturated rings. The molecule has 2 aromatic rings. The lowest BCUT2D eigenvalue weighted by molar-refractivity contribution is -0.141. The number of carbonyl (C=O) groups is 1. The van der Waals surface area contributed by atoms with Gasteiger partial charge in [0.15, 0.2) is 5.69 Å². The minimum absolute atomic E-state index is 0.187. The van der Waals surface area contributed by atoms with E-state index in [-0.39, 0.29) is 9.88 Å². The number of alkyl halides is 3. The van der Waals surface area contributed by atoms with Crippen molar-refractivity contribution in [3.8, 4) is 10.6 Å². The maximum absolute atomic E-state index is 13.2. The Kier molecular flexibility index (Phi) is 5.41. The third kappa shape index (κ3) is 4.54. The monoisotopic (exact) mass is 342 g/mol. The molecule has 0 radical (unpaired) electrons. The minimum atomic E-state index is -4.66. The van der Waals surface area contributed by atoms with Gasteiger partial charge in [0, 0.05) is 12.1 Å². The smallest absolute Gasteiger partial charge is 0.351 e. The molecule has 2 rings (SSSR count). The largest absolute Gasteiger partial charge is 0.435 e. The summed E-state index contributed by atoms with van der Waals surface area (Å²) in [6.45, 7) is 4.30. The number of halogens is 3. The summed E-state index contributed by atoms with van der Waals surface area (Å²) in [6, 6.07) is 8.53. The Bertz CT molecular complexity index is 666. The van der Waals surface area contributed by atoms with Crippen LogP contribution in [0.5, 0.6) is 0 Å². The molecule has 124 valence electrons. The standard InChI is InChI=1S/C16H17F3N2OS/c1-10(2)8-9-20-14(22)12-13(16(17,18)19)21-15(23-12)11-6-4-3-5-7-11/h3-7,10H,8-9H2,1-2H3,(H,20,22). The Balaban J connectivity index is 2.30. The summed E-state index contributed by atoms with van der Waals surface area (Å²) in [4.78, 5) is 15.4. The van der Waals surface area contributed by atoms with Crippen LogP contribution in [0.2, 0.25) is 0 Å². The highest BCUT2D eigenvalue weighted by atomic mass is 32.1. The Morgan fingerprint density at radius 1 is 1.26 bits per heavy atom. The van der Waals surface area contributed by atoms with Crippen LogP contribution in [0.4, 0.5) is 13.2 Å². The SMILES string of the molecule is CC(C)CCNC(=O)c1sc(-c2ccccc2)nc1C(F)(F)F. The van der Waals surface area contributed by atoms with E-state index in [9.17, 15) is 18.0 Å². The normalized spacial score (nSPS) is 11.7. The van der Waals surface area contributed by atoms with Gasteiger partial charge in [-0.25, -0.2) is 4.98 Å². The maximum atomic E-state index is 13.2. The van der Waals surface area contributed by atoms with Crippen LogP contribution >= 0.6 is 11.3 Å². The summed E-state index contributed by atoms with van der Waals surface area (Å²) in [5.41, 5.74) is -0.562. The molecule has 0 atom stereocenters. The summed E-state index contributed by atoms with van der Waals surface area (Å²) < 4.78 is 39.5. The molecule has 1 heterocycles. The molecule has 0 bridgehead atoms. The number of benzene rings is 1. The minimum Gasteiger partial charge on any atom is -0.351 e. The van der Waals surface area contributed by atoms with Gasteiger partial charge in [-0.05, 0) is 12.3 Å². The topological polar surface area (TPSA) is 42.0 Å². The van der Waals surface area contributed by atoms with Crippen molar-refractivity contribution in [3.05, 3.63) is 40.9 Å².